The Labute approximate surface area is 165 Å². The second-order valence-corrected chi connectivity index (χ2v) is 7.72. The Hall–Kier alpha value is -1.48. The normalized spacial score (nSPS) is 23.6. The number of urea groups is 1. The fraction of sp³-hybridized carbons (Fsp3) is 0.438. The molecule has 1 aromatic carbocycles. The smallest absolute Gasteiger partial charge is 0.325 e. The van der Waals surface area contributed by atoms with Crippen LogP contribution < -0.4 is 5.32 Å². The van der Waals surface area contributed by atoms with E-state index in [1.165, 1.54) is 16.7 Å². The van der Waals surface area contributed by atoms with Crippen LogP contribution in [0.3, 0.4) is 0 Å². The Kier molecular flexibility index (Phi) is 5.96. The number of thioether (sulfide) groups is 1. The lowest BCUT2D eigenvalue weighted by Gasteiger charge is -2.36. The van der Waals surface area contributed by atoms with Gasteiger partial charge in [0, 0.05) is 30.2 Å². The summed E-state index contributed by atoms with van der Waals surface area (Å²) in [5, 5.41) is 13.3. The van der Waals surface area contributed by atoms with Crippen molar-refractivity contribution in [2.75, 3.05) is 18.7 Å². The first-order valence-electron chi connectivity index (χ1n) is 7.94. The molecule has 0 aromatic heterocycles. The number of alkyl halides is 1. The van der Waals surface area contributed by atoms with Crippen LogP contribution in [-0.2, 0) is 11.3 Å². The van der Waals surface area contributed by atoms with Crippen molar-refractivity contribution >= 4 is 52.1 Å². The average molecular weight is 417 g/mol. The average Bonchev–Trinajstić information content (AvgIpc) is 2.98. The second-order valence-electron chi connectivity index (χ2n) is 6.01. The van der Waals surface area contributed by atoms with E-state index in [0.29, 0.717) is 22.5 Å². The highest BCUT2D eigenvalue weighted by atomic mass is 35.5. The Balaban J connectivity index is 1.89. The molecule has 3 atom stereocenters. The molecule has 2 aliphatic heterocycles. The van der Waals surface area contributed by atoms with Gasteiger partial charge in [0.15, 0.2) is 17.4 Å². The van der Waals surface area contributed by atoms with Crippen molar-refractivity contribution in [3.8, 4) is 0 Å². The number of aliphatic hydroxyl groups is 1. The number of nitrogens with zero attached hydrogens (tertiary/aromatic N) is 3. The molecule has 3 unspecified atom stereocenters. The molecule has 10 heteroatoms. The number of amidine groups is 1. The van der Waals surface area contributed by atoms with E-state index < -0.39 is 30.2 Å². The van der Waals surface area contributed by atoms with Crippen LogP contribution in [-0.4, -0.2) is 69.0 Å². The standard InChI is InChI=1S/C16H18Cl2N4O3S/c1-21-13-12(14(24)20-15(21)25)22(7-9-4-2-3-5-11(9)18)16(19-13)26-8-10(23)6-17/h2-5,10,12-13,23H,6-8H2,1H3,(H,20,24,25). The van der Waals surface area contributed by atoms with Gasteiger partial charge in [-0.05, 0) is 11.6 Å². The third kappa shape index (κ3) is 3.78. The summed E-state index contributed by atoms with van der Waals surface area (Å²) >= 11 is 13.2. The fourth-order valence-electron chi connectivity index (χ4n) is 2.81. The van der Waals surface area contributed by atoms with Crippen molar-refractivity contribution in [1.82, 2.24) is 15.1 Å². The summed E-state index contributed by atoms with van der Waals surface area (Å²) in [6.07, 6.45) is -1.31. The minimum absolute atomic E-state index is 0.108. The Bertz CT molecular complexity index is 748. The molecule has 0 bridgehead atoms. The first-order chi connectivity index (χ1) is 12.4. The summed E-state index contributed by atoms with van der Waals surface area (Å²) in [7, 11) is 1.60. The quantitative estimate of drug-likeness (QED) is 0.713. The number of carbonyl (C=O) groups excluding carboxylic acids is 2. The summed E-state index contributed by atoms with van der Waals surface area (Å²) < 4.78 is 0. The van der Waals surface area contributed by atoms with Gasteiger partial charge in [0.25, 0.3) is 5.91 Å². The van der Waals surface area contributed by atoms with Crippen LogP contribution in [0.2, 0.25) is 5.02 Å². The maximum Gasteiger partial charge on any atom is 0.325 e. The van der Waals surface area contributed by atoms with Crippen molar-refractivity contribution in [1.29, 1.82) is 0 Å². The van der Waals surface area contributed by atoms with Crippen LogP contribution >= 0.6 is 35.0 Å². The van der Waals surface area contributed by atoms with Gasteiger partial charge in [-0.2, -0.15) is 0 Å². The van der Waals surface area contributed by atoms with Crippen LogP contribution in [0.4, 0.5) is 4.79 Å². The molecule has 26 heavy (non-hydrogen) atoms. The fourth-order valence-corrected chi connectivity index (χ4v) is 4.23. The van der Waals surface area contributed by atoms with Gasteiger partial charge < -0.3 is 14.9 Å². The van der Waals surface area contributed by atoms with Gasteiger partial charge in [0.05, 0.1) is 6.10 Å². The molecule has 1 fully saturated rings. The van der Waals surface area contributed by atoms with Gasteiger partial charge in [-0.3, -0.25) is 10.1 Å². The predicted molar refractivity (Wildman–Crippen MR) is 102 cm³/mol. The summed E-state index contributed by atoms with van der Waals surface area (Å²) in [4.78, 5) is 32.2. The molecule has 7 nitrogen and oxygen atoms in total. The van der Waals surface area contributed by atoms with E-state index in [2.05, 4.69) is 10.3 Å². The molecule has 0 saturated carbocycles. The monoisotopic (exact) mass is 416 g/mol. The van der Waals surface area contributed by atoms with Crippen LogP contribution in [0.15, 0.2) is 29.3 Å². The van der Waals surface area contributed by atoms with Crippen LogP contribution in [0.25, 0.3) is 0 Å². The number of nitrogens with one attached hydrogen (secondary N) is 1. The van der Waals surface area contributed by atoms with E-state index in [-0.39, 0.29) is 5.88 Å². The van der Waals surface area contributed by atoms with Crippen molar-refractivity contribution in [3.05, 3.63) is 34.9 Å². The molecule has 3 amide bonds. The SMILES string of the molecule is CN1C(=O)NC(=O)C2C1N=C(SCC(O)CCl)N2Cc1ccccc1Cl. The molecule has 0 spiro atoms. The van der Waals surface area contributed by atoms with Crippen LogP contribution in [0.5, 0.6) is 0 Å². The zero-order valence-corrected chi connectivity index (χ0v) is 16.3. The first-order valence-corrected chi connectivity index (χ1v) is 9.84. The lowest BCUT2D eigenvalue weighted by Crippen LogP contribution is -2.63. The zero-order chi connectivity index (χ0) is 18.8. The minimum atomic E-state index is -0.692. The van der Waals surface area contributed by atoms with E-state index in [1.54, 1.807) is 13.1 Å². The number of aliphatic hydroxyl groups excluding tert-OH is 1. The number of hydrogen-bond acceptors (Lipinski definition) is 6. The van der Waals surface area contributed by atoms with E-state index in [0.717, 1.165) is 5.56 Å². The maximum absolute atomic E-state index is 12.5. The number of imide groups is 1. The highest BCUT2D eigenvalue weighted by Gasteiger charge is 2.48. The third-order valence-electron chi connectivity index (χ3n) is 4.20. The molecule has 1 saturated heterocycles. The van der Waals surface area contributed by atoms with Gasteiger partial charge in [-0.1, -0.05) is 41.6 Å². The Morgan fingerprint density at radius 2 is 2.12 bits per heavy atom. The van der Waals surface area contributed by atoms with E-state index in [1.807, 2.05) is 23.1 Å². The minimum Gasteiger partial charge on any atom is -0.391 e. The van der Waals surface area contributed by atoms with E-state index >= 15 is 0 Å². The molecule has 2 heterocycles. The van der Waals surface area contributed by atoms with Crippen molar-refractivity contribution in [2.24, 2.45) is 4.99 Å². The number of likely N-dealkylation sites (N-methyl/N-ethyl adjacent to an activating group) is 1. The number of rotatable bonds is 5. The topological polar surface area (TPSA) is 85.2 Å². The number of aliphatic imine (C=N–C) groups is 1. The largest absolute Gasteiger partial charge is 0.391 e. The van der Waals surface area contributed by atoms with Gasteiger partial charge in [0.2, 0.25) is 0 Å². The van der Waals surface area contributed by atoms with E-state index in [9.17, 15) is 14.7 Å². The summed E-state index contributed by atoms with van der Waals surface area (Å²) in [6, 6.07) is 6.23. The van der Waals surface area contributed by atoms with Crippen molar-refractivity contribution in [3.63, 3.8) is 0 Å². The van der Waals surface area contributed by atoms with Gasteiger partial charge in [-0.25, -0.2) is 9.79 Å². The number of amides is 3. The molecule has 1 aromatic rings. The van der Waals surface area contributed by atoms with Gasteiger partial charge in [-0.15, -0.1) is 11.6 Å². The molecule has 2 aliphatic rings. The van der Waals surface area contributed by atoms with Crippen LogP contribution in [0.1, 0.15) is 5.56 Å². The molecule has 0 aliphatic carbocycles. The predicted octanol–water partition coefficient (Wildman–Crippen LogP) is 1.72. The Morgan fingerprint density at radius 1 is 1.38 bits per heavy atom. The van der Waals surface area contributed by atoms with Gasteiger partial charge >= 0.3 is 6.03 Å². The van der Waals surface area contributed by atoms with Crippen molar-refractivity contribution < 1.29 is 14.7 Å². The van der Waals surface area contributed by atoms with Crippen LogP contribution in [0, 0.1) is 0 Å². The van der Waals surface area contributed by atoms with E-state index in [4.69, 9.17) is 23.2 Å². The van der Waals surface area contributed by atoms with Gasteiger partial charge in [0.1, 0.15) is 0 Å². The summed E-state index contributed by atoms with van der Waals surface area (Å²) in [5.74, 6) is 0.0405. The lowest BCUT2D eigenvalue weighted by molar-refractivity contribution is -0.127. The summed E-state index contributed by atoms with van der Waals surface area (Å²) in [5.41, 5.74) is 0.841. The number of hydrogen-bond donors (Lipinski definition) is 2. The molecule has 3 rings (SSSR count). The zero-order valence-electron chi connectivity index (χ0n) is 13.9. The molecule has 2 N–H and O–H groups in total. The molecular formula is C16H18Cl2N4O3S. The lowest BCUT2D eigenvalue weighted by atomic mass is 10.1. The number of benzene rings is 1. The second kappa shape index (κ2) is 8.04. The number of carbonyl (C=O) groups is 2. The number of fused-ring (bicyclic) bond motifs is 1. The van der Waals surface area contributed by atoms with Crippen molar-refractivity contribution in [2.45, 2.75) is 24.9 Å². The summed E-state index contributed by atoms with van der Waals surface area (Å²) in [6.45, 7) is 0.360. The molecular weight excluding hydrogens is 399 g/mol. The highest BCUT2D eigenvalue weighted by molar-refractivity contribution is 8.13. The molecule has 140 valence electrons. The maximum atomic E-state index is 12.5. The molecule has 0 radical (unpaired) electrons. The third-order valence-corrected chi connectivity index (χ3v) is 6.08. The highest BCUT2D eigenvalue weighted by Crippen LogP contribution is 2.31. The first kappa shape index (κ1) is 19.3. The number of halogens is 2. The Morgan fingerprint density at radius 3 is 2.81 bits per heavy atom.